The van der Waals surface area contributed by atoms with E-state index in [-0.39, 0.29) is 0 Å². The molecule has 1 aliphatic carbocycles. The van der Waals surface area contributed by atoms with Gasteiger partial charge in [0.15, 0.2) is 5.11 Å². The van der Waals surface area contributed by atoms with Crippen LogP contribution in [0.5, 0.6) is 0 Å². The second kappa shape index (κ2) is 6.38. The minimum absolute atomic E-state index is 0.508. The molecule has 2 rings (SSSR count). The fourth-order valence-electron chi connectivity index (χ4n) is 2.84. The maximum Gasteiger partial charge on any atom is 0.171 e. The van der Waals surface area contributed by atoms with Gasteiger partial charge in [-0.05, 0) is 55.1 Å². The van der Waals surface area contributed by atoms with Crippen molar-refractivity contribution < 1.29 is 0 Å². The zero-order chi connectivity index (χ0) is 13.8. The molecule has 1 saturated carbocycles. The minimum Gasteiger partial charge on any atom is -0.359 e. The zero-order valence-electron chi connectivity index (χ0n) is 12.1. The molecule has 3 heteroatoms. The lowest BCUT2D eigenvalue weighted by molar-refractivity contribution is 0.225. The maximum atomic E-state index is 5.43. The molecule has 19 heavy (non-hydrogen) atoms. The maximum absolute atomic E-state index is 5.43. The highest BCUT2D eigenvalue weighted by molar-refractivity contribution is 7.80. The van der Waals surface area contributed by atoms with E-state index in [1.807, 2.05) is 12.1 Å². The molecule has 1 aromatic carbocycles. The van der Waals surface area contributed by atoms with Gasteiger partial charge in [-0.15, -0.1) is 0 Å². The Morgan fingerprint density at radius 1 is 1.26 bits per heavy atom. The van der Waals surface area contributed by atoms with Crippen LogP contribution in [0.4, 0.5) is 5.69 Å². The molecule has 0 unspecified atom stereocenters. The molecule has 1 aromatic rings. The second-order valence-corrected chi connectivity index (χ2v) is 6.25. The summed E-state index contributed by atoms with van der Waals surface area (Å²) in [6.07, 6.45) is 3.87. The fraction of sp³-hybridized carbons (Fsp3) is 0.562. The lowest BCUT2D eigenvalue weighted by Crippen LogP contribution is -2.45. The van der Waals surface area contributed by atoms with Crippen molar-refractivity contribution in [2.75, 3.05) is 5.32 Å². The van der Waals surface area contributed by atoms with Gasteiger partial charge < -0.3 is 10.6 Å². The summed E-state index contributed by atoms with van der Waals surface area (Å²) in [5, 5.41) is 7.52. The van der Waals surface area contributed by atoms with E-state index in [0.29, 0.717) is 12.0 Å². The van der Waals surface area contributed by atoms with Crippen molar-refractivity contribution in [2.45, 2.75) is 46.1 Å². The first kappa shape index (κ1) is 14.3. The van der Waals surface area contributed by atoms with Crippen molar-refractivity contribution in [1.82, 2.24) is 5.32 Å². The third kappa shape index (κ3) is 3.93. The number of benzene rings is 1. The number of thiocarbonyl (C=S) groups is 1. The Morgan fingerprint density at radius 3 is 2.79 bits per heavy atom. The monoisotopic (exact) mass is 276 g/mol. The van der Waals surface area contributed by atoms with Gasteiger partial charge in [0.25, 0.3) is 0 Å². The smallest absolute Gasteiger partial charge is 0.171 e. The summed E-state index contributed by atoms with van der Waals surface area (Å²) in [5.74, 6) is 1.47. The lowest BCUT2D eigenvalue weighted by atomic mass is 9.78. The minimum atomic E-state index is 0.508. The molecule has 3 atom stereocenters. The Balaban J connectivity index is 1.90. The summed E-state index contributed by atoms with van der Waals surface area (Å²) in [6.45, 7) is 6.76. The van der Waals surface area contributed by atoms with Crippen LogP contribution >= 0.6 is 12.2 Å². The van der Waals surface area contributed by atoms with Crippen LogP contribution in [0.2, 0.25) is 0 Å². The highest BCUT2D eigenvalue weighted by atomic mass is 32.1. The van der Waals surface area contributed by atoms with Crippen LogP contribution in [0.1, 0.15) is 38.7 Å². The van der Waals surface area contributed by atoms with E-state index < -0.39 is 0 Å². The molecule has 2 N–H and O–H groups in total. The van der Waals surface area contributed by atoms with Gasteiger partial charge in [0.05, 0.1) is 0 Å². The third-order valence-corrected chi connectivity index (χ3v) is 4.52. The Labute approximate surface area is 122 Å². The van der Waals surface area contributed by atoms with Gasteiger partial charge in [-0.3, -0.25) is 0 Å². The molecule has 0 amide bonds. The third-order valence-electron chi connectivity index (χ3n) is 4.30. The quantitative estimate of drug-likeness (QED) is 0.795. The van der Waals surface area contributed by atoms with E-state index in [0.717, 1.165) is 16.7 Å². The fourth-order valence-corrected chi connectivity index (χ4v) is 3.11. The summed E-state index contributed by atoms with van der Waals surface area (Å²) in [7, 11) is 0. The van der Waals surface area contributed by atoms with E-state index in [9.17, 15) is 0 Å². The zero-order valence-corrected chi connectivity index (χ0v) is 12.9. The Hall–Kier alpha value is -1.09. The van der Waals surface area contributed by atoms with E-state index in [4.69, 9.17) is 12.2 Å². The molecule has 0 bridgehead atoms. The second-order valence-electron chi connectivity index (χ2n) is 5.84. The highest BCUT2D eigenvalue weighted by Crippen LogP contribution is 2.29. The standard InChI is InChI=1S/C16H24N2S/c1-11-6-4-8-14(10-11)17-16(19)18-15-9-5-7-12(2)13(15)3/h4,6,8,10,12-13,15H,5,7,9H2,1-3H3,(H2,17,18,19)/t12-,13-,15-/m1/s1. The molecule has 0 aliphatic heterocycles. The predicted molar refractivity (Wildman–Crippen MR) is 86.5 cm³/mol. The van der Waals surface area contributed by atoms with Crippen LogP contribution < -0.4 is 10.6 Å². The van der Waals surface area contributed by atoms with Gasteiger partial charge in [-0.2, -0.15) is 0 Å². The van der Waals surface area contributed by atoms with Crippen LogP contribution in [-0.2, 0) is 0 Å². The largest absolute Gasteiger partial charge is 0.359 e. The van der Waals surface area contributed by atoms with Gasteiger partial charge in [-0.1, -0.05) is 38.8 Å². The van der Waals surface area contributed by atoms with E-state index in [1.54, 1.807) is 0 Å². The average Bonchev–Trinajstić information content (AvgIpc) is 2.35. The van der Waals surface area contributed by atoms with Crippen LogP contribution in [0.15, 0.2) is 24.3 Å². The normalized spacial score (nSPS) is 26.8. The summed E-state index contributed by atoms with van der Waals surface area (Å²) in [4.78, 5) is 0. The molecule has 0 radical (unpaired) electrons. The van der Waals surface area contributed by atoms with E-state index in [2.05, 4.69) is 43.5 Å². The molecular formula is C16H24N2S. The Kier molecular flexibility index (Phi) is 4.81. The molecule has 0 saturated heterocycles. The first-order valence-electron chi connectivity index (χ1n) is 7.20. The number of anilines is 1. The lowest BCUT2D eigenvalue weighted by Gasteiger charge is -2.35. The number of rotatable bonds is 2. The van der Waals surface area contributed by atoms with E-state index in [1.165, 1.54) is 24.8 Å². The number of aryl methyl sites for hydroxylation is 1. The first-order valence-corrected chi connectivity index (χ1v) is 7.61. The molecule has 1 aliphatic rings. The van der Waals surface area contributed by atoms with Crippen molar-refractivity contribution in [3.8, 4) is 0 Å². The predicted octanol–water partition coefficient (Wildman–Crippen LogP) is 4.11. The van der Waals surface area contributed by atoms with Crippen molar-refractivity contribution in [3.05, 3.63) is 29.8 Å². The van der Waals surface area contributed by atoms with Crippen molar-refractivity contribution in [1.29, 1.82) is 0 Å². The molecular weight excluding hydrogens is 252 g/mol. The van der Waals surface area contributed by atoms with Gasteiger partial charge in [0, 0.05) is 11.7 Å². The summed E-state index contributed by atoms with van der Waals surface area (Å²) < 4.78 is 0. The summed E-state index contributed by atoms with van der Waals surface area (Å²) in [6, 6.07) is 8.81. The van der Waals surface area contributed by atoms with Gasteiger partial charge >= 0.3 is 0 Å². The van der Waals surface area contributed by atoms with Crippen molar-refractivity contribution in [3.63, 3.8) is 0 Å². The first-order chi connectivity index (χ1) is 9.06. The van der Waals surface area contributed by atoms with Gasteiger partial charge in [0.1, 0.15) is 0 Å². The highest BCUT2D eigenvalue weighted by Gasteiger charge is 2.27. The van der Waals surface area contributed by atoms with E-state index >= 15 is 0 Å². The van der Waals surface area contributed by atoms with Crippen molar-refractivity contribution in [2.24, 2.45) is 11.8 Å². The molecule has 0 heterocycles. The molecule has 2 nitrogen and oxygen atoms in total. The summed E-state index contributed by atoms with van der Waals surface area (Å²) >= 11 is 5.43. The molecule has 0 aromatic heterocycles. The van der Waals surface area contributed by atoms with Crippen LogP contribution in [-0.4, -0.2) is 11.2 Å². The van der Waals surface area contributed by atoms with Crippen LogP contribution in [0.3, 0.4) is 0 Å². The Morgan fingerprint density at radius 2 is 2.05 bits per heavy atom. The van der Waals surface area contributed by atoms with Gasteiger partial charge in [0.2, 0.25) is 0 Å². The van der Waals surface area contributed by atoms with Crippen LogP contribution in [0.25, 0.3) is 0 Å². The number of nitrogens with one attached hydrogen (secondary N) is 2. The van der Waals surface area contributed by atoms with Crippen LogP contribution in [0, 0.1) is 18.8 Å². The molecule has 104 valence electrons. The summed E-state index contributed by atoms with van der Waals surface area (Å²) in [5.41, 5.74) is 2.31. The topological polar surface area (TPSA) is 24.1 Å². The molecule has 0 spiro atoms. The average molecular weight is 276 g/mol. The number of hydrogen-bond donors (Lipinski definition) is 2. The van der Waals surface area contributed by atoms with Gasteiger partial charge in [-0.25, -0.2) is 0 Å². The van der Waals surface area contributed by atoms with Crippen molar-refractivity contribution >= 4 is 23.0 Å². The number of hydrogen-bond acceptors (Lipinski definition) is 1. The molecule has 1 fully saturated rings. The SMILES string of the molecule is Cc1cccc(NC(=S)N[C@@H]2CCC[C@@H](C)[C@H]2C)c1. The Bertz CT molecular complexity index is 444.